The SMILES string of the molecule is C=CC(=O)Nc1cccc(Oc2nc(Cl)ncc2Br)c1.CC(C)(C)OC(=O)Nc1cccc(O)c1.CC(C)(C)OC(=O)Nc1cccc(Oc2nc(Cl)ncc2Br)c1.Clc1ncc(Br)c(Cl)n1.Nc1cccc(Oc2nc(Cl)ncc2Br)c1. The third-order valence-corrected chi connectivity index (χ3v) is 11.9. The Bertz CT molecular complexity index is 3520. The predicted octanol–water partition coefficient (Wildman–Crippen LogP) is 17.4. The van der Waals surface area contributed by atoms with Crippen LogP contribution in [0.1, 0.15) is 41.5 Å². The van der Waals surface area contributed by atoms with Crippen LogP contribution in [0.2, 0.25) is 26.3 Å². The van der Waals surface area contributed by atoms with Crippen LogP contribution in [-0.4, -0.2) is 74.3 Å². The van der Waals surface area contributed by atoms with Gasteiger partial charge in [0.2, 0.25) is 44.7 Å². The molecule has 4 heterocycles. The van der Waals surface area contributed by atoms with E-state index in [9.17, 15) is 14.4 Å². The Kier molecular flexibility index (Phi) is 27.8. The van der Waals surface area contributed by atoms with Crippen LogP contribution < -0.4 is 35.9 Å². The van der Waals surface area contributed by atoms with Crippen LogP contribution in [-0.2, 0) is 14.3 Å². The summed E-state index contributed by atoms with van der Waals surface area (Å²) in [6, 6.07) is 27.0. The van der Waals surface area contributed by atoms with Gasteiger partial charge in [-0.1, -0.05) is 42.4 Å². The van der Waals surface area contributed by atoms with Crippen LogP contribution in [0.5, 0.6) is 40.6 Å². The smallest absolute Gasteiger partial charge is 0.412 e. The zero-order valence-corrected chi connectivity index (χ0v) is 54.2. The molecule has 0 aliphatic rings. The van der Waals surface area contributed by atoms with Crippen LogP contribution >= 0.6 is 122 Å². The average Bonchev–Trinajstić information content (AvgIpc) is 3.47. The van der Waals surface area contributed by atoms with Crippen molar-refractivity contribution in [3.8, 4) is 40.6 Å². The van der Waals surface area contributed by atoms with E-state index in [1.807, 2.05) is 0 Å². The molecule has 4 aromatic carbocycles. The lowest BCUT2D eigenvalue weighted by molar-refractivity contribution is -0.111. The van der Waals surface area contributed by atoms with Gasteiger partial charge < -0.3 is 39.8 Å². The van der Waals surface area contributed by atoms with E-state index in [1.54, 1.807) is 126 Å². The summed E-state index contributed by atoms with van der Waals surface area (Å²) in [5.41, 5.74) is 6.78. The Balaban J connectivity index is 0.000000229. The third kappa shape index (κ3) is 27.5. The molecular weight excluding hydrogens is 1450 g/mol. The molecule has 30 heteroatoms. The number of nitrogens with one attached hydrogen (secondary N) is 3. The Hall–Kier alpha value is -6.68. The van der Waals surface area contributed by atoms with E-state index < -0.39 is 23.4 Å². The number of aromatic nitrogens is 8. The molecule has 0 atom stereocenters. The van der Waals surface area contributed by atoms with Gasteiger partial charge in [0.05, 0.1) is 17.9 Å². The number of amides is 3. The molecule has 0 saturated carbocycles. The number of nitrogen functional groups attached to an aromatic ring is 1. The van der Waals surface area contributed by atoms with Crippen molar-refractivity contribution in [3.05, 3.63) is 179 Å². The van der Waals surface area contributed by atoms with Crippen molar-refractivity contribution in [2.45, 2.75) is 52.7 Å². The molecule has 0 unspecified atom stereocenters. The fourth-order valence-corrected chi connectivity index (χ4v) is 7.03. The number of ether oxygens (including phenoxy) is 5. The van der Waals surface area contributed by atoms with Gasteiger partial charge in [-0.3, -0.25) is 15.4 Å². The van der Waals surface area contributed by atoms with Gasteiger partial charge in [0, 0.05) is 71.8 Å². The van der Waals surface area contributed by atoms with E-state index in [1.165, 1.54) is 43.0 Å². The normalized spacial score (nSPS) is 10.4. The van der Waals surface area contributed by atoms with E-state index in [4.69, 9.17) is 92.5 Å². The maximum absolute atomic E-state index is 11.8. The lowest BCUT2D eigenvalue weighted by atomic mass is 10.2. The molecule has 0 aliphatic heterocycles. The first-order valence-electron chi connectivity index (χ1n) is 23.2. The third-order valence-electron chi connectivity index (χ3n) is 8.48. The van der Waals surface area contributed by atoms with E-state index in [0.717, 1.165) is 0 Å². The first-order chi connectivity index (χ1) is 39.0. The zero-order chi connectivity index (χ0) is 61.4. The Morgan fingerprint density at radius 2 is 0.867 bits per heavy atom. The molecule has 0 aliphatic carbocycles. The van der Waals surface area contributed by atoms with Gasteiger partial charge in [-0.25, -0.2) is 34.5 Å². The van der Waals surface area contributed by atoms with Crippen molar-refractivity contribution in [1.82, 2.24) is 39.9 Å². The molecule has 0 saturated heterocycles. The number of rotatable bonds is 10. The molecule has 4 aromatic heterocycles. The van der Waals surface area contributed by atoms with Crippen molar-refractivity contribution in [1.29, 1.82) is 0 Å². The van der Waals surface area contributed by atoms with E-state index in [-0.39, 0.29) is 44.6 Å². The van der Waals surface area contributed by atoms with Gasteiger partial charge in [-0.05, 0) is 206 Å². The summed E-state index contributed by atoms with van der Waals surface area (Å²) in [7, 11) is 0. The molecule has 0 radical (unpaired) electrons. The monoisotopic (exact) mass is 1490 g/mol. The van der Waals surface area contributed by atoms with Crippen LogP contribution in [0.25, 0.3) is 0 Å². The van der Waals surface area contributed by atoms with E-state index >= 15 is 0 Å². The maximum Gasteiger partial charge on any atom is 0.412 e. The maximum atomic E-state index is 11.8. The second kappa shape index (κ2) is 33.6. The summed E-state index contributed by atoms with van der Waals surface area (Å²) in [6.45, 7) is 14.1. The molecule has 8 aromatic rings. The standard InChI is InChI=1S/C15H15BrClN3O3.C13H9BrClN3O2.C11H15NO3.C10H7BrClN3O.C4HBrCl2N2/c1-15(2,3)23-14(21)19-9-5-4-6-10(7-9)22-12-11(16)8-18-13(17)20-12;1-2-11(19)17-8-4-3-5-9(6-8)20-12-10(14)7-16-13(15)18-12;1-11(2,3)15-10(14)12-8-5-4-6-9(13)7-8;11-8-5-14-10(12)15-9(8)16-7-3-1-2-6(13)4-7;5-2-1-8-4(7)9-3(2)6/h4-8H,1-3H3,(H,19,21);2-7H,1H2,(H,17,19);4-7,13H,1-3H3,(H,12,14);1-5H,13H2;1H. The van der Waals surface area contributed by atoms with Crippen molar-refractivity contribution < 1.29 is 43.2 Å². The van der Waals surface area contributed by atoms with Gasteiger partial charge in [0.1, 0.15) is 39.4 Å². The number of nitrogens with two attached hydrogens (primary N) is 1. The van der Waals surface area contributed by atoms with Gasteiger partial charge in [-0.2, -0.15) is 15.0 Å². The lowest BCUT2D eigenvalue weighted by Crippen LogP contribution is -2.27. The molecule has 8 rings (SSSR count). The predicted molar refractivity (Wildman–Crippen MR) is 335 cm³/mol. The number of benzene rings is 4. The second-order valence-corrected chi connectivity index (χ2v) is 22.7. The van der Waals surface area contributed by atoms with Crippen LogP contribution in [0.4, 0.5) is 32.3 Å². The van der Waals surface area contributed by atoms with Gasteiger partial charge in [-0.15, -0.1) is 0 Å². The van der Waals surface area contributed by atoms with Crippen molar-refractivity contribution in [2.24, 2.45) is 0 Å². The summed E-state index contributed by atoms with van der Waals surface area (Å²) in [5, 5.41) is 17.7. The lowest BCUT2D eigenvalue weighted by Gasteiger charge is -2.19. The number of aromatic hydroxyl groups is 1. The Labute approximate surface area is 534 Å². The molecule has 436 valence electrons. The largest absolute Gasteiger partial charge is 0.508 e. The van der Waals surface area contributed by atoms with Gasteiger partial charge in [0.15, 0.2) is 0 Å². The Morgan fingerprint density at radius 1 is 0.518 bits per heavy atom. The first kappa shape index (κ1) is 68.8. The number of hydrogen-bond acceptors (Lipinski definition) is 18. The Morgan fingerprint density at radius 3 is 1.23 bits per heavy atom. The first-order valence-corrected chi connectivity index (χ1v) is 28.3. The molecule has 0 spiro atoms. The van der Waals surface area contributed by atoms with Crippen molar-refractivity contribution in [2.75, 3.05) is 21.7 Å². The summed E-state index contributed by atoms with van der Waals surface area (Å²) in [6.07, 6.45) is 6.12. The molecule has 0 bridgehead atoms. The van der Waals surface area contributed by atoms with Gasteiger partial charge in [0.25, 0.3) is 0 Å². The number of carbonyl (C=O) groups is 3. The fourth-order valence-electron chi connectivity index (χ4n) is 5.34. The number of nitrogens with zero attached hydrogens (tertiary/aromatic N) is 8. The molecule has 21 nitrogen and oxygen atoms in total. The minimum absolute atomic E-state index is 0.0752. The molecule has 0 fully saturated rings. The van der Waals surface area contributed by atoms with Gasteiger partial charge >= 0.3 is 12.2 Å². The highest BCUT2D eigenvalue weighted by Crippen LogP contribution is 2.32. The zero-order valence-electron chi connectivity index (χ0n) is 44.1. The molecular formula is C53H47Br4Cl5N12O9. The number of hydrogen-bond donors (Lipinski definition) is 5. The quantitative estimate of drug-likeness (QED) is 0.0368. The number of phenols is 1. The summed E-state index contributed by atoms with van der Waals surface area (Å²) >= 11 is 41.0. The number of phenolic OH excluding ortho intramolecular Hbond substituents is 1. The number of carbonyl (C=O) groups excluding carboxylic acids is 3. The summed E-state index contributed by atoms with van der Waals surface area (Å²) in [4.78, 5) is 65.0. The molecule has 6 N–H and O–H groups in total. The van der Waals surface area contributed by atoms with Crippen LogP contribution in [0.15, 0.2) is 152 Å². The highest BCUT2D eigenvalue weighted by atomic mass is 79.9. The molecule has 3 amide bonds. The average molecular weight is 1490 g/mol. The summed E-state index contributed by atoms with van der Waals surface area (Å²) < 4.78 is 29.4. The molecule has 83 heavy (non-hydrogen) atoms. The van der Waals surface area contributed by atoms with Crippen molar-refractivity contribution >= 4 is 163 Å². The summed E-state index contributed by atoms with van der Waals surface area (Å²) in [5.74, 6) is 2.30. The fraction of sp³-hybridized carbons (Fsp3) is 0.151. The topological polar surface area (TPSA) is 283 Å². The highest BCUT2D eigenvalue weighted by Gasteiger charge is 2.18. The van der Waals surface area contributed by atoms with Crippen LogP contribution in [0.3, 0.4) is 0 Å². The van der Waals surface area contributed by atoms with Crippen LogP contribution in [0, 0.1) is 0 Å². The van der Waals surface area contributed by atoms with E-state index in [0.29, 0.717) is 68.9 Å². The number of halogens is 9. The van der Waals surface area contributed by atoms with E-state index in [2.05, 4.69) is 126 Å². The minimum atomic E-state index is -0.569. The number of anilines is 4. The minimum Gasteiger partial charge on any atom is -0.508 e. The van der Waals surface area contributed by atoms with Crippen molar-refractivity contribution in [3.63, 3.8) is 0 Å². The second-order valence-electron chi connectivity index (χ2n) is 17.6. The highest BCUT2D eigenvalue weighted by molar-refractivity contribution is 9.11.